The van der Waals surface area contributed by atoms with E-state index in [1.165, 1.54) is 6.20 Å². The Morgan fingerprint density at radius 2 is 2.21 bits per heavy atom. The fourth-order valence-electron chi connectivity index (χ4n) is 2.96. The van der Waals surface area contributed by atoms with E-state index in [2.05, 4.69) is 10.3 Å². The molecule has 3 rings (SSSR count). The minimum absolute atomic E-state index is 0.112. The van der Waals surface area contributed by atoms with Crippen LogP contribution in [0.25, 0.3) is 0 Å². The number of carbonyl (C=O) groups excluding carboxylic acids is 1. The van der Waals surface area contributed by atoms with Crippen molar-refractivity contribution < 1.29 is 13.9 Å². The lowest BCUT2D eigenvalue weighted by atomic mass is 10.1. The van der Waals surface area contributed by atoms with E-state index in [1.54, 1.807) is 24.3 Å². The summed E-state index contributed by atoms with van der Waals surface area (Å²) >= 11 is 0. The maximum atomic E-state index is 13.8. The second kappa shape index (κ2) is 6.86. The second-order valence-electron chi connectivity index (χ2n) is 5.80. The molecule has 1 N–H and O–H groups in total. The van der Waals surface area contributed by atoms with Gasteiger partial charge >= 0.3 is 0 Å². The zero-order valence-corrected chi connectivity index (χ0v) is 13.8. The van der Waals surface area contributed by atoms with Gasteiger partial charge in [-0.3, -0.25) is 9.78 Å². The van der Waals surface area contributed by atoms with E-state index >= 15 is 0 Å². The third kappa shape index (κ3) is 3.18. The van der Waals surface area contributed by atoms with Crippen molar-refractivity contribution in [3.05, 3.63) is 48.0 Å². The van der Waals surface area contributed by atoms with Gasteiger partial charge in [-0.05, 0) is 31.5 Å². The summed E-state index contributed by atoms with van der Waals surface area (Å²) < 4.78 is 19.3. The summed E-state index contributed by atoms with van der Waals surface area (Å²) in [5, 5.41) is 3.25. The smallest absolute Gasteiger partial charge is 0.227 e. The molecule has 1 aliphatic heterocycles. The van der Waals surface area contributed by atoms with Gasteiger partial charge < -0.3 is 15.0 Å². The lowest BCUT2D eigenvalue weighted by molar-refractivity contribution is -0.117. The lowest BCUT2D eigenvalue weighted by Crippen LogP contribution is -2.24. The number of hydrogen-bond acceptors (Lipinski definition) is 4. The van der Waals surface area contributed by atoms with Gasteiger partial charge in [-0.1, -0.05) is 0 Å². The van der Waals surface area contributed by atoms with Crippen LogP contribution in [0.3, 0.4) is 0 Å². The van der Waals surface area contributed by atoms with Gasteiger partial charge in [0.2, 0.25) is 5.91 Å². The third-order valence-electron chi connectivity index (χ3n) is 4.20. The molecule has 1 amide bonds. The normalized spacial score (nSPS) is 15.5. The number of halogens is 1. The fourth-order valence-corrected chi connectivity index (χ4v) is 2.96. The molecule has 6 heteroatoms. The van der Waals surface area contributed by atoms with Crippen LogP contribution in [-0.2, 0) is 4.79 Å². The van der Waals surface area contributed by atoms with Crippen LogP contribution in [0, 0.1) is 5.82 Å². The molecular formula is C18H20FN3O2. The largest absolute Gasteiger partial charge is 0.494 e. The van der Waals surface area contributed by atoms with Gasteiger partial charge in [0.25, 0.3) is 0 Å². The van der Waals surface area contributed by atoms with E-state index in [9.17, 15) is 9.18 Å². The number of amides is 1. The monoisotopic (exact) mass is 329 g/mol. The van der Waals surface area contributed by atoms with Crippen molar-refractivity contribution in [2.75, 3.05) is 23.9 Å². The van der Waals surface area contributed by atoms with Crippen LogP contribution in [0.15, 0.2) is 36.7 Å². The number of carbonyl (C=O) groups is 1. The third-order valence-corrected chi connectivity index (χ3v) is 4.20. The van der Waals surface area contributed by atoms with Crippen LogP contribution >= 0.6 is 0 Å². The molecule has 0 saturated carbocycles. The highest BCUT2D eigenvalue weighted by Crippen LogP contribution is 2.34. The van der Waals surface area contributed by atoms with Crippen LogP contribution < -0.4 is 15.0 Å². The lowest BCUT2D eigenvalue weighted by Gasteiger charge is -2.21. The summed E-state index contributed by atoms with van der Waals surface area (Å²) in [4.78, 5) is 17.4. The van der Waals surface area contributed by atoms with E-state index in [-0.39, 0.29) is 17.8 Å². The molecule has 0 aliphatic carbocycles. The molecule has 1 aromatic heterocycles. The van der Waals surface area contributed by atoms with Crippen molar-refractivity contribution in [2.24, 2.45) is 0 Å². The molecule has 0 spiro atoms. The maximum absolute atomic E-state index is 13.8. The summed E-state index contributed by atoms with van der Waals surface area (Å²) in [6.45, 7) is 2.59. The number of nitrogens with one attached hydrogen (secondary N) is 1. The molecular weight excluding hydrogens is 309 g/mol. The van der Waals surface area contributed by atoms with Gasteiger partial charge in [0, 0.05) is 36.5 Å². The number of ether oxygens (including phenoxy) is 1. The van der Waals surface area contributed by atoms with Crippen LogP contribution in [0.5, 0.6) is 5.75 Å². The van der Waals surface area contributed by atoms with Gasteiger partial charge in [0.15, 0.2) is 0 Å². The molecule has 5 nitrogen and oxygen atoms in total. The van der Waals surface area contributed by atoms with Gasteiger partial charge in [-0.2, -0.15) is 0 Å². The molecule has 0 bridgehead atoms. The highest BCUT2D eigenvalue weighted by Gasteiger charge is 2.24. The highest BCUT2D eigenvalue weighted by atomic mass is 19.1. The molecule has 0 radical (unpaired) electrons. The first-order valence-corrected chi connectivity index (χ1v) is 7.94. The van der Waals surface area contributed by atoms with Crippen molar-refractivity contribution in [3.63, 3.8) is 0 Å². The number of hydrogen-bond donors (Lipinski definition) is 1. The minimum atomic E-state index is -0.344. The number of methoxy groups -OCH3 is 1. The van der Waals surface area contributed by atoms with E-state index < -0.39 is 0 Å². The van der Waals surface area contributed by atoms with Crippen LogP contribution in [-0.4, -0.2) is 24.5 Å². The molecule has 2 aromatic rings. The minimum Gasteiger partial charge on any atom is -0.494 e. The van der Waals surface area contributed by atoms with Gasteiger partial charge in [0.05, 0.1) is 25.0 Å². The average Bonchev–Trinajstić information content (AvgIpc) is 3.01. The Balaban J connectivity index is 1.82. The Labute approximate surface area is 140 Å². The van der Waals surface area contributed by atoms with E-state index in [0.29, 0.717) is 24.3 Å². The molecule has 1 aliphatic rings. The summed E-state index contributed by atoms with van der Waals surface area (Å²) in [6, 6.07) is 6.99. The van der Waals surface area contributed by atoms with E-state index in [0.717, 1.165) is 17.8 Å². The molecule has 2 heterocycles. The number of nitrogens with zero attached hydrogens (tertiary/aromatic N) is 2. The predicted molar refractivity (Wildman–Crippen MR) is 90.8 cm³/mol. The number of anilines is 2. The SMILES string of the molecule is COc1cc(NC(C)c2ccncc2F)ccc1N1CCCC1=O. The summed E-state index contributed by atoms with van der Waals surface area (Å²) in [5.41, 5.74) is 2.11. The summed E-state index contributed by atoms with van der Waals surface area (Å²) in [5.74, 6) is 0.391. The second-order valence-corrected chi connectivity index (χ2v) is 5.80. The fraction of sp³-hybridized carbons (Fsp3) is 0.333. The Morgan fingerprint density at radius 3 is 2.88 bits per heavy atom. The van der Waals surface area contributed by atoms with Crippen molar-refractivity contribution in [3.8, 4) is 5.75 Å². The molecule has 1 unspecified atom stereocenters. The Kier molecular flexibility index (Phi) is 4.64. The topological polar surface area (TPSA) is 54.5 Å². The Bertz CT molecular complexity index is 751. The van der Waals surface area contributed by atoms with Crippen LogP contribution in [0.2, 0.25) is 0 Å². The van der Waals surface area contributed by atoms with Crippen molar-refractivity contribution >= 4 is 17.3 Å². The first-order valence-electron chi connectivity index (χ1n) is 7.94. The zero-order valence-electron chi connectivity index (χ0n) is 13.8. The molecule has 126 valence electrons. The van der Waals surface area contributed by atoms with Gasteiger partial charge in [0.1, 0.15) is 11.6 Å². The van der Waals surface area contributed by atoms with Crippen LogP contribution in [0.4, 0.5) is 15.8 Å². The Hall–Kier alpha value is -2.63. The number of pyridine rings is 1. The number of benzene rings is 1. The first-order chi connectivity index (χ1) is 11.6. The molecule has 1 saturated heterocycles. The summed E-state index contributed by atoms with van der Waals surface area (Å²) in [6.07, 6.45) is 4.21. The first kappa shape index (κ1) is 16.2. The Morgan fingerprint density at radius 1 is 1.38 bits per heavy atom. The molecule has 1 aromatic carbocycles. The van der Waals surface area contributed by atoms with Crippen molar-refractivity contribution in [2.45, 2.75) is 25.8 Å². The van der Waals surface area contributed by atoms with Crippen molar-refractivity contribution in [1.29, 1.82) is 0 Å². The van der Waals surface area contributed by atoms with E-state index in [1.807, 2.05) is 25.1 Å². The van der Waals surface area contributed by atoms with Crippen molar-refractivity contribution in [1.82, 2.24) is 4.98 Å². The average molecular weight is 329 g/mol. The zero-order chi connectivity index (χ0) is 17.1. The molecule has 1 fully saturated rings. The predicted octanol–water partition coefficient (Wildman–Crippen LogP) is 3.53. The van der Waals surface area contributed by atoms with E-state index in [4.69, 9.17) is 4.74 Å². The number of aromatic nitrogens is 1. The summed E-state index contributed by atoms with van der Waals surface area (Å²) in [7, 11) is 1.58. The molecule has 24 heavy (non-hydrogen) atoms. The standard InChI is InChI=1S/C18H20FN3O2/c1-12(14-7-8-20-11-15(14)19)21-13-5-6-16(17(10-13)24-2)22-9-3-4-18(22)23/h5-8,10-12,21H,3-4,9H2,1-2H3. The number of rotatable bonds is 5. The van der Waals surface area contributed by atoms with Gasteiger partial charge in [-0.25, -0.2) is 4.39 Å². The maximum Gasteiger partial charge on any atom is 0.227 e. The van der Waals surface area contributed by atoms with Gasteiger partial charge in [-0.15, -0.1) is 0 Å². The van der Waals surface area contributed by atoms with Crippen LogP contribution in [0.1, 0.15) is 31.4 Å². The highest BCUT2D eigenvalue weighted by molar-refractivity contribution is 5.97. The molecule has 1 atom stereocenters. The quantitative estimate of drug-likeness (QED) is 0.912.